The van der Waals surface area contributed by atoms with Crippen LogP contribution < -0.4 is 0 Å². The number of sulfonamides is 1. The molecule has 1 aromatic carbocycles. The normalized spacial score (nSPS) is 38.7. The monoisotopic (exact) mass is 277 g/mol. The van der Waals surface area contributed by atoms with Crippen molar-refractivity contribution in [3.05, 3.63) is 48.0 Å². The third-order valence-corrected chi connectivity index (χ3v) is 6.59. The van der Waals surface area contributed by atoms with E-state index in [1.807, 2.05) is 42.5 Å². The highest BCUT2D eigenvalue weighted by molar-refractivity contribution is 7.90. The second kappa shape index (κ2) is 3.69. The lowest BCUT2D eigenvalue weighted by Gasteiger charge is -2.19. The van der Waals surface area contributed by atoms with Gasteiger partial charge < -0.3 is 4.74 Å². The quantitative estimate of drug-likeness (QED) is 0.766. The molecule has 0 radical (unpaired) electrons. The first-order valence-electron chi connectivity index (χ1n) is 6.50. The lowest BCUT2D eigenvalue weighted by molar-refractivity contribution is 0.0298. The van der Waals surface area contributed by atoms with Crippen molar-refractivity contribution in [1.29, 1.82) is 0 Å². The minimum atomic E-state index is -3.25. The molecule has 3 heterocycles. The van der Waals surface area contributed by atoms with Crippen LogP contribution in [0.15, 0.2) is 42.5 Å². The molecule has 0 unspecified atom stereocenters. The maximum Gasteiger partial charge on any atom is 0.220 e. The maximum absolute atomic E-state index is 12.6. The highest BCUT2D eigenvalue weighted by atomic mass is 32.2. The smallest absolute Gasteiger partial charge is 0.220 e. The number of fused-ring (bicyclic) bond motifs is 1. The Kier molecular flexibility index (Phi) is 2.26. The summed E-state index contributed by atoms with van der Waals surface area (Å²) in [4.78, 5) is 0. The first-order valence-corrected chi connectivity index (χ1v) is 8.01. The zero-order chi connectivity index (χ0) is 13.1. The van der Waals surface area contributed by atoms with Gasteiger partial charge in [0.25, 0.3) is 0 Å². The van der Waals surface area contributed by atoms with E-state index in [-0.39, 0.29) is 6.10 Å². The van der Waals surface area contributed by atoms with Crippen LogP contribution in [0.3, 0.4) is 0 Å². The van der Waals surface area contributed by atoms with Gasteiger partial charge in [-0.25, -0.2) is 8.42 Å². The molecule has 1 spiro atoms. The fraction of sp³-hybridized carbons (Fsp3) is 0.429. The Bertz CT molecular complexity index is 640. The summed E-state index contributed by atoms with van der Waals surface area (Å²) in [7, 11) is -3.25. The number of benzene rings is 1. The summed E-state index contributed by atoms with van der Waals surface area (Å²) in [6.07, 6.45) is 4.55. The van der Waals surface area contributed by atoms with Gasteiger partial charge in [-0.05, 0) is 12.0 Å². The topological polar surface area (TPSA) is 46.6 Å². The second-order valence-electron chi connectivity index (χ2n) is 5.49. The molecular weight excluding hydrogens is 262 g/mol. The second-order valence-corrected chi connectivity index (χ2v) is 7.61. The fourth-order valence-electron chi connectivity index (χ4n) is 3.39. The Morgan fingerprint density at radius 1 is 1.32 bits per heavy atom. The highest BCUT2D eigenvalue weighted by Crippen LogP contribution is 2.48. The lowest BCUT2D eigenvalue weighted by atomic mass is 9.94. The van der Waals surface area contributed by atoms with Crippen molar-refractivity contribution in [2.45, 2.75) is 29.9 Å². The summed E-state index contributed by atoms with van der Waals surface area (Å²) in [5, 5.41) is -0.390. The molecule has 4 rings (SSSR count). The van der Waals surface area contributed by atoms with Crippen molar-refractivity contribution < 1.29 is 13.2 Å². The standard InChI is InChI=1S/C14H15NO3S/c16-19(17)13-8-12-6-7-14(13,18-12)10-15(19)9-11-4-2-1-3-5-11/h1-7,12-13H,8-10H2/t12-,13-,14-/m1/s1. The highest BCUT2D eigenvalue weighted by Gasteiger charge is 2.63. The van der Waals surface area contributed by atoms with Crippen LogP contribution in [0.1, 0.15) is 12.0 Å². The summed E-state index contributed by atoms with van der Waals surface area (Å²) in [5.41, 5.74) is 0.430. The Morgan fingerprint density at radius 3 is 2.79 bits per heavy atom. The van der Waals surface area contributed by atoms with Crippen LogP contribution in [-0.2, 0) is 21.3 Å². The molecule has 2 saturated heterocycles. The fourth-order valence-corrected chi connectivity index (χ4v) is 5.61. The van der Waals surface area contributed by atoms with Gasteiger partial charge in [-0.15, -0.1) is 0 Å². The van der Waals surface area contributed by atoms with E-state index in [9.17, 15) is 8.42 Å². The van der Waals surface area contributed by atoms with Gasteiger partial charge in [-0.3, -0.25) is 0 Å². The third kappa shape index (κ3) is 1.55. The van der Waals surface area contributed by atoms with Crippen LogP contribution >= 0.6 is 0 Å². The molecule has 0 saturated carbocycles. The molecule has 1 aromatic rings. The predicted molar refractivity (Wildman–Crippen MR) is 70.9 cm³/mol. The van der Waals surface area contributed by atoms with Crippen molar-refractivity contribution >= 4 is 10.0 Å². The van der Waals surface area contributed by atoms with E-state index in [1.54, 1.807) is 4.31 Å². The summed E-state index contributed by atoms with van der Waals surface area (Å²) < 4.78 is 32.6. The molecule has 2 fully saturated rings. The zero-order valence-electron chi connectivity index (χ0n) is 10.4. The van der Waals surface area contributed by atoms with Gasteiger partial charge in [0.15, 0.2) is 0 Å². The number of rotatable bonds is 2. The van der Waals surface area contributed by atoms with E-state index >= 15 is 0 Å². The molecule has 0 aromatic heterocycles. The van der Waals surface area contributed by atoms with Gasteiger partial charge in [0, 0.05) is 13.1 Å². The average Bonchev–Trinajstić information content (AvgIpc) is 3.01. The van der Waals surface area contributed by atoms with Crippen LogP contribution in [-0.4, -0.2) is 36.2 Å². The number of hydrogen-bond acceptors (Lipinski definition) is 3. The van der Waals surface area contributed by atoms with Gasteiger partial charge in [-0.1, -0.05) is 42.5 Å². The van der Waals surface area contributed by atoms with Crippen LogP contribution in [0.2, 0.25) is 0 Å². The first-order chi connectivity index (χ1) is 9.10. The maximum atomic E-state index is 12.6. The lowest BCUT2D eigenvalue weighted by Crippen LogP contribution is -2.36. The molecular formula is C14H15NO3S. The molecule has 0 N–H and O–H groups in total. The Morgan fingerprint density at radius 2 is 2.11 bits per heavy atom. The number of hydrogen-bond donors (Lipinski definition) is 0. The Balaban J connectivity index is 1.67. The Hall–Kier alpha value is -1.17. The third-order valence-electron chi connectivity index (χ3n) is 4.30. The summed E-state index contributed by atoms with van der Waals surface area (Å²) in [6, 6.07) is 9.70. The van der Waals surface area contributed by atoms with E-state index in [1.165, 1.54) is 0 Å². The van der Waals surface area contributed by atoms with Crippen molar-refractivity contribution in [3.63, 3.8) is 0 Å². The number of nitrogens with zero attached hydrogens (tertiary/aromatic N) is 1. The number of ether oxygens (including phenoxy) is 1. The molecule has 5 heteroatoms. The molecule has 4 nitrogen and oxygen atoms in total. The summed E-state index contributed by atoms with van der Waals surface area (Å²) in [5.74, 6) is 0. The molecule has 0 amide bonds. The largest absolute Gasteiger partial charge is 0.361 e. The molecule has 100 valence electrons. The van der Waals surface area contributed by atoms with Gasteiger partial charge in [0.2, 0.25) is 10.0 Å². The van der Waals surface area contributed by atoms with E-state index in [2.05, 4.69) is 0 Å². The van der Waals surface area contributed by atoms with E-state index < -0.39 is 20.9 Å². The molecule has 0 aliphatic carbocycles. The van der Waals surface area contributed by atoms with Crippen molar-refractivity contribution in [2.24, 2.45) is 0 Å². The van der Waals surface area contributed by atoms with Gasteiger partial charge in [-0.2, -0.15) is 4.31 Å². The van der Waals surface area contributed by atoms with Gasteiger partial charge >= 0.3 is 0 Å². The predicted octanol–water partition coefficient (Wildman–Crippen LogP) is 1.30. The molecule has 2 bridgehead atoms. The minimum Gasteiger partial charge on any atom is -0.361 e. The van der Waals surface area contributed by atoms with E-state index in [0.717, 1.165) is 5.56 Å². The molecule has 3 atom stereocenters. The first kappa shape index (κ1) is 11.6. The van der Waals surface area contributed by atoms with E-state index in [4.69, 9.17) is 4.74 Å². The SMILES string of the molecule is O=S1(=O)[C@@H]2C[C@H]3C=C[C@]2(CN1Cc1ccccc1)O3. The van der Waals surface area contributed by atoms with E-state index in [0.29, 0.717) is 19.5 Å². The van der Waals surface area contributed by atoms with Gasteiger partial charge in [0.05, 0.1) is 6.10 Å². The van der Waals surface area contributed by atoms with Crippen LogP contribution in [0.5, 0.6) is 0 Å². The Labute approximate surface area is 112 Å². The van der Waals surface area contributed by atoms with Crippen LogP contribution in [0, 0.1) is 0 Å². The van der Waals surface area contributed by atoms with Crippen molar-refractivity contribution in [2.75, 3.05) is 6.54 Å². The zero-order valence-corrected chi connectivity index (χ0v) is 11.2. The van der Waals surface area contributed by atoms with Crippen LogP contribution in [0.25, 0.3) is 0 Å². The van der Waals surface area contributed by atoms with Crippen molar-refractivity contribution in [1.82, 2.24) is 4.31 Å². The van der Waals surface area contributed by atoms with Crippen LogP contribution in [0.4, 0.5) is 0 Å². The summed E-state index contributed by atoms with van der Waals surface area (Å²) >= 11 is 0. The summed E-state index contributed by atoms with van der Waals surface area (Å²) in [6.45, 7) is 0.880. The molecule has 3 aliphatic rings. The molecule has 19 heavy (non-hydrogen) atoms. The van der Waals surface area contributed by atoms with Gasteiger partial charge in [0.1, 0.15) is 10.9 Å². The molecule has 3 aliphatic heterocycles. The minimum absolute atomic E-state index is 0.00125. The van der Waals surface area contributed by atoms with Crippen molar-refractivity contribution in [3.8, 4) is 0 Å². The average molecular weight is 277 g/mol.